The molecule has 0 radical (unpaired) electrons. The fourth-order valence-electron chi connectivity index (χ4n) is 2.11. The molecule has 2 rings (SSSR count). The number of carbonyl (C=O) groups excluding carboxylic acids is 1. The van der Waals surface area contributed by atoms with Crippen LogP contribution in [0.2, 0.25) is 5.02 Å². The predicted molar refractivity (Wildman–Crippen MR) is 87.5 cm³/mol. The fraction of sp³-hybridized carbons (Fsp3) is 0.235. The number of anilines is 1. The van der Waals surface area contributed by atoms with Gasteiger partial charge < -0.3 is 5.32 Å². The van der Waals surface area contributed by atoms with Gasteiger partial charge >= 0.3 is 0 Å². The van der Waals surface area contributed by atoms with Crippen molar-refractivity contribution in [3.8, 4) is 0 Å². The molecule has 2 atom stereocenters. The smallest absolute Gasteiger partial charge is 0.241 e. The summed E-state index contributed by atoms with van der Waals surface area (Å²) in [5.41, 5.74) is 1.57. The number of hydrogen-bond donors (Lipinski definition) is 2. The van der Waals surface area contributed by atoms with E-state index in [-0.39, 0.29) is 17.8 Å². The van der Waals surface area contributed by atoms with Crippen LogP contribution in [-0.4, -0.2) is 11.9 Å². The summed E-state index contributed by atoms with van der Waals surface area (Å²) < 4.78 is 12.8. The Morgan fingerprint density at radius 2 is 1.82 bits per heavy atom. The number of amides is 1. The van der Waals surface area contributed by atoms with Crippen LogP contribution in [0.5, 0.6) is 0 Å². The first kappa shape index (κ1) is 16.5. The van der Waals surface area contributed by atoms with Gasteiger partial charge in [-0.3, -0.25) is 10.1 Å². The molecule has 2 aromatic carbocycles. The molecular formula is C17H18ClFN2O. The normalized spacial score (nSPS) is 13.5. The molecule has 22 heavy (non-hydrogen) atoms. The zero-order valence-corrected chi connectivity index (χ0v) is 13.2. The van der Waals surface area contributed by atoms with Gasteiger partial charge in [-0.15, -0.1) is 0 Å². The highest BCUT2D eigenvalue weighted by molar-refractivity contribution is 6.30. The van der Waals surface area contributed by atoms with Gasteiger partial charge in [0.15, 0.2) is 0 Å². The highest BCUT2D eigenvalue weighted by Gasteiger charge is 2.16. The van der Waals surface area contributed by atoms with Gasteiger partial charge in [0, 0.05) is 16.8 Å². The van der Waals surface area contributed by atoms with Crippen LogP contribution in [0, 0.1) is 5.82 Å². The third-order valence-electron chi connectivity index (χ3n) is 3.35. The average molecular weight is 321 g/mol. The fourth-order valence-corrected chi connectivity index (χ4v) is 2.31. The molecule has 3 nitrogen and oxygen atoms in total. The number of rotatable bonds is 5. The summed E-state index contributed by atoms with van der Waals surface area (Å²) in [6.45, 7) is 3.74. The molecule has 0 saturated heterocycles. The Balaban J connectivity index is 1.94. The molecule has 2 aromatic rings. The van der Waals surface area contributed by atoms with Gasteiger partial charge in [-0.1, -0.05) is 23.7 Å². The third-order valence-corrected chi connectivity index (χ3v) is 3.59. The van der Waals surface area contributed by atoms with Crippen LogP contribution in [0.25, 0.3) is 0 Å². The Labute approximate surface area is 134 Å². The van der Waals surface area contributed by atoms with Crippen molar-refractivity contribution in [1.82, 2.24) is 5.32 Å². The van der Waals surface area contributed by atoms with Crippen molar-refractivity contribution in [3.63, 3.8) is 0 Å². The largest absolute Gasteiger partial charge is 0.325 e. The summed E-state index contributed by atoms with van der Waals surface area (Å²) in [6, 6.07) is 12.7. The van der Waals surface area contributed by atoms with Crippen molar-refractivity contribution in [2.45, 2.75) is 25.9 Å². The van der Waals surface area contributed by atoms with Crippen LogP contribution in [0.4, 0.5) is 10.1 Å². The molecule has 116 valence electrons. The van der Waals surface area contributed by atoms with Gasteiger partial charge in [-0.2, -0.15) is 0 Å². The van der Waals surface area contributed by atoms with Gasteiger partial charge in [0.1, 0.15) is 5.82 Å². The Hall–Kier alpha value is -1.91. The highest BCUT2D eigenvalue weighted by Crippen LogP contribution is 2.18. The van der Waals surface area contributed by atoms with E-state index in [4.69, 9.17) is 11.6 Å². The molecule has 0 spiro atoms. The van der Waals surface area contributed by atoms with Gasteiger partial charge in [0.25, 0.3) is 0 Å². The number of carbonyl (C=O) groups is 1. The zero-order valence-electron chi connectivity index (χ0n) is 12.4. The maximum Gasteiger partial charge on any atom is 0.241 e. The molecule has 2 N–H and O–H groups in total. The topological polar surface area (TPSA) is 41.1 Å². The summed E-state index contributed by atoms with van der Waals surface area (Å²) in [5.74, 6) is -0.515. The molecule has 0 saturated carbocycles. The molecule has 5 heteroatoms. The van der Waals surface area contributed by atoms with Crippen molar-refractivity contribution in [1.29, 1.82) is 0 Å². The lowest BCUT2D eigenvalue weighted by molar-refractivity contribution is -0.117. The molecular weight excluding hydrogens is 303 g/mol. The van der Waals surface area contributed by atoms with Gasteiger partial charge in [-0.25, -0.2) is 4.39 Å². The Bertz CT molecular complexity index is 645. The van der Waals surface area contributed by atoms with Crippen molar-refractivity contribution >= 4 is 23.2 Å². The molecule has 0 unspecified atom stereocenters. The molecule has 0 aliphatic heterocycles. The van der Waals surface area contributed by atoms with E-state index in [1.165, 1.54) is 24.3 Å². The van der Waals surface area contributed by atoms with Gasteiger partial charge in [0.2, 0.25) is 5.91 Å². The number of benzene rings is 2. The van der Waals surface area contributed by atoms with E-state index in [1.54, 1.807) is 6.92 Å². The summed E-state index contributed by atoms with van der Waals surface area (Å²) in [4.78, 5) is 12.1. The Morgan fingerprint density at radius 3 is 2.45 bits per heavy atom. The van der Waals surface area contributed by atoms with Crippen molar-refractivity contribution in [2.75, 3.05) is 5.32 Å². The minimum atomic E-state index is -0.404. The molecule has 0 aliphatic rings. The van der Waals surface area contributed by atoms with E-state index in [2.05, 4.69) is 10.6 Å². The van der Waals surface area contributed by atoms with Crippen LogP contribution in [-0.2, 0) is 4.79 Å². The minimum absolute atomic E-state index is 0.0207. The SMILES string of the molecule is C[C@@H](N[C@H](C)c1cccc(Cl)c1)C(=O)Nc1ccc(F)cc1. The first-order valence-electron chi connectivity index (χ1n) is 7.03. The number of hydrogen-bond acceptors (Lipinski definition) is 2. The first-order valence-corrected chi connectivity index (χ1v) is 7.41. The molecule has 0 aliphatic carbocycles. The van der Waals surface area contributed by atoms with Gasteiger partial charge in [-0.05, 0) is 55.8 Å². The lowest BCUT2D eigenvalue weighted by Crippen LogP contribution is -2.39. The molecule has 0 heterocycles. The summed E-state index contributed by atoms with van der Waals surface area (Å²) >= 11 is 5.97. The van der Waals surface area contributed by atoms with Crippen LogP contribution < -0.4 is 10.6 Å². The van der Waals surface area contributed by atoms with Crippen LogP contribution in [0.15, 0.2) is 48.5 Å². The lowest BCUT2D eigenvalue weighted by Gasteiger charge is -2.20. The standard InChI is InChI=1S/C17H18ClFN2O/c1-11(13-4-3-5-14(18)10-13)20-12(2)17(22)21-16-8-6-15(19)7-9-16/h3-12,20H,1-2H3,(H,21,22)/t11-,12-/m1/s1. The zero-order chi connectivity index (χ0) is 16.1. The van der Waals surface area contributed by atoms with E-state index in [9.17, 15) is 9.18 Å². The van der Waals surface area contributed by atoms with E-state index < -0.39 is 6.04 Å². The van der Waals surface area contributed by atoms with Crippen molar-refractivity contribution in [3.05, 3.63) is 64.9 Å². The van der Waals surface area contributed by atoms with Crippen molar-refractivity contribution in [2.24, 2.45) is 0 Å². The summed E-state index contributed by atoms with van der Waals surface area (Å²) in [6.07, 6.45) is 0. The monoisotopic (exact) mass is 320 g/mol. The predicted octanol–water partition coefficient (Wildman–Crippen LogP) is 4.16. The Kier molecular flexibility index (Phi) is 5.52. The second kappa shape index (κ2) is 7.38. The highest BCUT2D eigenvalue weighted by atomic mass is 35.5. The van der Waals surface area contributed by atoms with Crippen molar-refractivity contribution < 1.29 is 9.18 Å². The van der Waals surface area contributed by atoms with E-state index in [0.717, 1.165) is 5.56 Å². The van der Waals surface area contributed by atoms with E-state index in [1.807, 2.05) is 31.2 Å². The van der Waals surface area contributed by atoms with Crippen LogP contribution in [0.3, 0.4) is 0 Å². The summed E-state index contributed by atoms with van der Waals surface area (Å²) in [7, 11) is 0. The maximum atomic E-state index is 12.8. The molecule has 0 aromatic heterocycles. The second-order valence-electron chi connectivity index (χ2n) is 5.16. The molecule has 1 amide bonds. The van der Waals surface area contributed by atoms with E-state index in [0.29, 0.717) is 10.7 Å². The van der Waals surface area contributed by atoms with Gasteiger partial charge in [0.05, 0.1) is 6.04 Å². The molecule has 0 fully saturated rings. The van der Waals surface area contributed by atoms with E-state index >= 15 is 0 Å². The second-order valence-corrected chi connectivity index (χ2v) is 5.60. The number of halogens is 2. The maximum absolute atomic E-state index is 12.8. The van der Waals surface area contributed by atoms with Crippen LogP contribution in [0.1, 0.15) is 25.5 Å². The summed E-state index contributed by atoms with van der Waals surface area (Å²) in [5, 5.41) is 6.61. The average Bonchev–Trinajstić information content (AvgIpc) is 2.49. The quantitative estimate of drug-likeness (QED) is 0.868. The first-order chi connectivity index (χ1) is 10.5. The Morgan fingerprint density at radius 1 is 1.14 bits per heavy atom. The minimum Gasteiger partial charge on any atom is -0.325 e. The number of nitrogens with one attached hydrogen (secondary N) is 2. The van der Waals surface area contributed by atoms with Crippen LogP contribution >= 0.6 is 11.6 Å². The molecule has 0 bridgehead atoms. The third kappa shape index (κ3) is 4.55. The lowest BCUT2D eigenvalue weighted by atomic mass is 10.1.